The maximum absolute atomic E-state index is 12.8. The van der Waals surface area contributed by atoms with E-state index in [1.54, 1.807) is 47.4 Å². The highest BCUT2D eigenvalue weighted by atomic mass is 35.5. The van der Waals surface area contributed by atoms with E-state index in [2.05, 4.69) is 9.44 Å². The first-order valence-corrected chi connectivity index (χ1v) is 8.99. The zero-order chi connectivity index (χ0) is 18.0. The Labute approximate surface area is 149 Å². The molecule has 1 amide bonds. The fourth-order valence-electron chi connectivity index (χ4n) is 2.58. The van der Waals surface area contributed by atoms with Gasteiger partial charge in [-0.2, -0.15) is 8.42 Å². The van der Waals surface area contributed by atoms with Gasteiger partial charge in [-0.1, -0.05) is 35.0 Å². The van der Waals surface area contributed by atoms with Crippen molar-refractivity contribution in [2.45, 2.75) is 6.42 Å². The third kappa shape index (κ3) is 3.98. The Morgan fingerprint density at radius 2 is 1.92 bits per heavy atom. The van der Waals surface area contributed by atoms with E-state index in [-0.39, 0.29) is 18.9 Å². The predicted octanol–water partition coefficient (Wildman–Crippen LogP) is 2.91. The van der Waals surface area contributed by atoms with Crippen LogP contribution < -0.4 is 4.90 Å². The van der Waals surface area contributed by atoms with E-state index < -0.39 is 10.4 Å². The van der Waals surface area contributed by atoms with Gasteiger partial charge in [0.15, 0.2) is 0 Å². The normalized spacial score (nSPS) is 15.8. The molecule has 7 nitrogen and oxygen atoms in total. The molecule has 2 aromatic rings. The van der Waals surface area contributed by atoms with E-state index in [0.29, 0.717) is 27.5 Å². The third-order valence-corrected chi connectivity index (χ3v) is 4.14. The van der Waals surface area contributed by atoms with Gasteiger partial charge in [0.05, 0.1) is 11.4 Å². The Balaban J connectivity index is 2.01. The molecule has 130 valence electrons. The van der Waals surface area contributed by atoms with Crippen molar-refractivity contribution in [2.24, 2.45) is 5.16 Å². The summed E-state index contributed by atoms with van der Waals surface area (Å²) in [5.41, 5.74) is 1.80. The summed E-state index contributed by atoms with van der Waals surface area (Å²) in [6.45, 7) is 0.259. The van der Waals surface area contributed by atoms with Crippen LogP contribution in [0, 0.1) is 0 Å². The Morgan fingerprint density at radius 1 is 1.20 bits per heavy atom. The van der Waals surface area contributed by atoms with E-state index >= 15 is 0 Å². The van der Waals surface area contributed by atoms with Gasteiger partial charge in [-0.25, -0.2) is 4.28 Å². The van der Waals surface area contributed by atoms with Crippen molar-refractivity contribution in [3.8, 4) is 0 Å². The lowest BCUT2D eigenvalue weighted by molar-refractivity contribution is 0.0987. The van der Waals surface area contributed by atoms with Crippen molar-refractivity contribution in [1.82, 2.24) is 0 Å². The molecule has 0 atom stereocenters. The smallest absolute Gasteiger partial charge is 0.307 e. The van der Waals surface area contributed by atoms with Crippen LogP contribution in [0.3, 0.4) is 0 Å². The molecule has 1 N–H and O–H groups in total. The fourth-order valence-corrected chi connectivity index (χ4v) is 2.93. The molecule has 0 saturated heterocycles. The van der Waals surface area contributed by atoms with Crippen molar-refractivity contribution in [3.05, 3.63) is 64.7 Å². The minimum Gasteiger partial charge on any atom is -0.307 e. The Morgan fingerprint density at radius 3 is 2.60 bits per heavy atom. The summed E-state index contributed by atoms with van der Waals surface area (Å²) in [6.07, 6.45) is 0.253. The van der Waals surface area contributed by atoms with E-state index in [0.717, 1.165) is 0 Å². The van der Waals surface area contributed by atoms with Gasteiger partial charge in [-0.05, 0) is 30.3 Å². The second-order valence-electron chi connectivity index (χ2n) is 5.27. The lowest BCUT2D eigenvalue weighted by Crippen LogP contribution is -2.37. The second-order valence-corrected chi connectivity index (χ2v) is 6.72. The van der Waals surface area contributed by atoms with Crippen molar-refractivity contribution >= 4 is 39.3 Å². The third-order valence-electron chi connectivity index (χ3n) is 3.64. The molecule has 0 radical (unpaired) electrons. The van der Waals surface area contributed by atoms with Crippen molar-refractivity contribution in [3.63, 3.8) is 0 Å². The molecule has 1 aliphatic heterocycles. The molecule has 0 aromatic heterocycles. The topological polar surface area (TPSA) is 96.3 Å². The van der Waals surface area contributed by atoms with Crippen LogP contribution >= 0.6 is 11.6 Å². The molecular formula is C16H13ClN2O5S. The van der Waals surface area contributed by atoms with Crippen LogP contribution in [0.1, 0.15) is 22.3 Å². The van der Waals surface area contributed by atoms with Crippen molar-refractivity contribution in [1.29, 1.82) is 0 Å². The first-order valence-electron chi connectivity index (χ1n) is 7.25. The molecule has 0 unspecified atom stereocenters. The number of benzene rings is 2. The summed E-state index contributed by atoms with van der Waals surface area (Å²) in [7, 11) is -4.70. The summed E-state index contributed by atoms with van der Waals surface area (Å²) < 4.78 is 34.3. The molecule has 0 bridgehead atoms. The lowest BCUT2D eigenvalue weighted by Gasteiger charge is -2.30. The largest absolute Gasteiger partial charge is 0.466 e. The van der Waals surface area contributed by atoms with Crippen molar-refractivity contribution < 1.29 is 22.0 Å². The second kappa shape index (κ2) is 6.83. The Hall–Kier alpha value is -2.42. The minimum atomic E-state index is -4.70. The van der Waals surface area contributed by atoms with E-state index in [1.807, 2.05) is 6.07 Å². The quantitative estimate of drug-likeness (QED) is 0.652. The molecule has 3 rings (SSSR count). The Kier molecular flexibility index (Phi) is 4.76. The van der Waals surface area contributed by atoms with Gasteiger partial charge in [0, 0.05) is 29.1 Å². The van der Waals surface area contributed by atoms with Crippen LogP contribution in [0.5, 0.6) is 0 Å². The molecule has 2 aromatic carbocycles. The highest BCUT2D eigenvalue weighted by Gasteiger charge is 2.28. The van der Waals surface area contributed by atoms with Crippen LogP contribution in [0.15, 0.2) is 53.7 Å². The molecular weight excluding hydrogens is 368 g/mol. The van der Waals surface area contributed by atoms with E-state index in [1.165, 1.54) is 0 Å². The number of anilines is 1. The molecule has 1 aliphatic rings. The maximum Gasteiger partial charge on any atom is 0.466 e. The molecule has 0 fully saturated rings. The zero-order valence-corrected chi connectivity index (χ0v) is 14.4. The van der Waals surface area contributed by atoms with Gasteiger partial charge in [0.2, 0.25) is 0 Å². The highest BCUT2D eigenvalue weighted by molar-refractivity contribution is 7.80. The molecule has 1 heterocycles. The maximum atomic E-state index is 12.8. The number of oxime groups is 1. The van der Waals surface area contributed by atoms with Gasteiger partial charge in [0.25, 0.3) is 5.91 Å². The summed E-state index contributed by atoms with van der Waals surface area (Å²) >= 11 is 6.05. The van der Waals surface area contributed by atoms with E-state index in [9.17, 15) is 13.2 Å². The van der Waals surface area contributed by atoms with Crippen LogP contribution in [-0.2, 0) is 14.7 Å². The molecule has 9 heteroatoms. The summed E-state index contributed by atoms with van der Waals surface area (Å²) in [6, 6.07) is 13.6. The monoisotopic (exact) mass is 380 g/mol. The zero-order valence-electron chi connectivity index (χ0n) is 12.8. The summed E-state index contributed by atoms with van der Waals surface area (Å²) in [5.74, 6) is -0.209. The Bertz CT molecular complexity index is 944. The van der Waals surface area contributed by atoms with Crippen molar-refractivity contribution in [2.75, 3.05) is 11.4 Å². The number of carbonyl (C=O) groups excluding carboxylic acids is 1. The molecule has 25 heavy (non-hydrogen) atoms. The number of halogens is 1. The van der Waals surface area contributed by atoms with Crippen LogP contribution in [0.25, 0.3) is 0 Å². The van der Waals surface area contributed by atoms with Crippen LogP contribution in [0.2, 0.25) is 5.02 Å². The number of hydrogen-bond donors (Lipinski definition) is 1. The average Bonchev–Trinajstić information content (AvgIpc) is 2.59. The molecule has 0 saturated carbocycles. The summed E-state index contributed by atoms with van der Waals surface area (Å²) in [5, 5.41) is 3.91. The molecule has 0 aliphatic carbocycles. The number of nitrogens with zero attached hydrogens (tertiary/aromatic N) is 2. The van der Waals surface area contributed by atoms with Gasteiger partial charge in [-0.15, -0.1) is 0 Å². The van der Waals surface area contributed by atoms with Gasteiger partial charge in [-0.3, -0.25) is 9.35 Å². The average molecular weight is 381 g/mol. The first kappa shape index (κ1) is 17.4. The highest BCUT2D eigenvalue weighted by Crippen LogP contribution is 2.31. The van der Waals surface area contributed by atoms with Crippen LogP contribution in [-0.4, -0.2) is 31.1 Å². The first-order chi connectivity index (χ1) is 11.8. The fraction of sp³-hybridized carbons (Fsp3) is 0.125. The standard InChI is InChI=1S/C16H13ClN2O5S/c17-12-6-7-13-14(18-24-25(21,22)23)8-9-19(15(13)10-12)16(20)11-4-2-1-3-5-11/h1-7,10H,8-9H2,(H,21,22,23)/b18-14+. The number of fused-ring (bicyclic) bond motifs is 1. The van der Waals surface area contributed by atoms with E-state index in [4.69, 9.17) is 16.2 Å². The molecule has 0 spiro atoms. The SMILES string of the molecule is O=C(c1ccccc1)N1CC/C(=N\OS(=O)(=O)O)c2ccc(Cl)cc21. The van der Waals surface area contributed by atoms with Crippen LogP contribution in [0.4, 0.5) is 5.69 Å². The summed E-state index contributed by atoms with van der Waals surface area (Å²) in [4.78, 5) is 14.3. The van der Waals surface area contributed by atoms with Gasteiger partial charge >= 0.3 is 10.4 Å². The van der Waals surface area contributed by atoms with Gasteiger partial charge in [0.1, 0.15) is 0 Å². The number of carbonyl (C=O) groups is 1. The number of hydrogen-bond acceptors (Lipinski definition) is 5. The minimum absolute atomic E-state index is 0.209. The van der Waals surface area contributed by atoms with Gasteiger partial charge < -0.3 is 4.90 Å². The number of amides is 1. The lowest BCUT2D eigenvalue weighted by atomic mass is 9.98. The number of rotatable bonds is 3. The predicted molar refractivity (Wildman–Crippen MR) is 93.4 cm³/mol.